The maximum absolute atomic E-state index is 12.9. The lowest BCUT2D eigenvalue weighted by Gasteiger charge is -2.36. The molecule has 1 aromatic carbocycles. The van der Waals surface area contributed by atoms with Gasteiger partial charge in [-0.05, 0) is 57.4 Å². The van der Waals surface area contributed by atoms with Crippen molar-refractivity contribution in [1.29, 1.82) is 0 Å². The zero-order valence-corrected chi connectivity index (χ0v) is 19.1. The molecule has 3 heterocycles. The first-order valence-corrected chi connectivity index (χ1v) is 11.4. The Kier molecular flexibility index (Phi) is 6.62. The summed E-state index contributed by atoms with van der Waals surface area (Å²) in [4.78, 5) is 31.4. The number of hydrogen-bond donors (Lipinski definition) is 0. The van der Waals surface area contributed by atoms with E-state index in [4.69, 9.17) is 11.6 Å². The van der Waals surface area contributed by atoms with Crippen LogP contribution in [0.1, 0.15) is 41.0 Å². The minimum atomic E-state index is 0.0277. The second-order valence-electron chi connectivity index (χ2n) is 8.45. The second kappa shape index (κ2) is 9.40. The largest absolute Gasteiger partial charge is 0.342 e. The van der Waals surface area contributed by atoms with Crippen LogP contribution in [0.5, 0.6) is 0 Å². The number of nitrogens with zero attached hydrogens (tertiary/aromatic N) is 5. The first-order chi connectivity index (χ1) is 14.9. The van der Waals surface area contributed by atoms with Gasteiger partial charge in [-0.3, -0.25) is 14.5 Å². The molecular weight excluding hydrogens is 414 g/mol. The minimum absolute atomic E-state index is 0.0277. The summed E-state index contributed by atoms with van der Waals surface area (Å²) in [6.07, 6.45) is 3.44. The van der Waals surface area contributed by atoms with E-state index >= 15 is 0 Å². The van der Waals surface area contributed by atoms with Crippen LogP contribution in [-0.4, -0.2) is 82.1 Å². The van der Waals surface area contributed by atoms with Gasteiger partial charge in [0.25, 0.3) is 5.91 Å². The normalized spacial score (nSPS) is 17.8. The third-order valence-corrected chi connectivity index (χ3v) is 6.84. The predicted molar refractivity (Wildman–Crippen MR) is 121 cm³/mol. The van der Waals surface area contributed by atoms with Gasteiger partial charge in [-0.2, -0.15) is 5.10 Å². The lowest BCUT2D eigenvalue weighted by atomic mass is 10.1. The van der Waals surface area contributed by atoms with Crippen molar-refractivity contribution in [2.75, 3.05) is 45.8 Å². The van der Waals surface area contributed by atoms with Gasteiger partial charge in [-0.25, -0.2) is 4.68 Å². The lowest BCUT2D eigenvalue weighted by molar-refractivity contribution is -0.133. The number of amides is 2. The molecule has 2 amide bonds. The second-order valence-corrected chi connectivity index (χ2v) is 8.83. The van der Waals surface area contributed by atoms with Gasteiger partial charge in [-0.1, -0.05) is 11.6 Å². The van der Waals surface area contributed by atoms with Crippen LogP contribution in [-0.2, 0) is 4.79 Å². The fourth-order valence-corrected chi connectivity index (χ4v) is 4.46. The van der Waals surface area contributed by atoms with Gasteiger partial charge in [0.15, 0.2) is 0 Å². The summed E-state index contributed by atoms with van der Waals surface area (Å²) in [5, 5.41) is 5.13. The van der Waals surface area contributed by atoms with Gasteiger partial charge in [0.2, 0.25) is 5.91 Å². The fraction of sp³-hybridized carbons (Fsp3) is 0.522. The number of halogens is 1. The molecule has 0 atom stereocenters. The summed E-state index contributed by atoms with van der Waals surface area (Å²) >= 11 is 6.25. The van der Waals surface area contributed by atoms with Crippen LogP contribution in [0.25, 0.3) is 5.69 Å². The number of benzene rings is 1. The van der Waals surface area contributed by atoms with E-state index in [2.05, 4.69) is 10.00 Å². The maximum Gasteiger partial charge on any atom is 0.253 e. The third kappa shape index (κ3) is 4.77. The molecule has 0 radical (unpaired) electrons. The Morgan fingerprint density at radius 2 is 1.55 bits per heavy atom. The Morgan fingerprint density at radius 3 is 2.13 bits per heavy atom. The van der Waals surface area contributed by atoms with Crippen LogP contribution in [0.4, 0.5) is 0 Å². The van der Waals surface area contributed by atoms with E-state index in [1.807, 2.05) is 47.9 Å². The number of piperidine rings is 1. The van der Waals surface area contributed by atoms with Gasteiger partial charge in [0.05, 0.1) is 28.6 Å². The van der Waals surface area contributed by atoms with Crippen molar-refractivity contribution in [3.63, 3.8) is 0 Å². The maximum atomic E-state index is 12.9. The zero-order chi connectivity index (χ0) is 22.0. The van der Waals surface area contributed by atoms with Crippen molar-refractivity contribution in [3.05, 3.63) is 46.2 Å². The van der Waals surface area contributed by atoms with Gasteiger partial charge in [-0.15, -0.1) is 0 Å². The number of piperazine rings is 1. The van der Waals surface area contributed by atoms with E-state index in [1.54, 1.807) is 4.68 Å². The van der Waals surface area contributed by atoms with Crippen LogP contribution in [0, 0.1) is 13.8 Å². The average Bonchev–Trinajstić information content (AvgIpc) is 3.07. The van der Waals surface area contributed by atoms with Crippen LogP contribution in [0.3, 0.4) is 0 Å². The molecule has 2 fully saturated rings. The van der Waals surface area contributed by atoms with Gasteiger partial charge in [0.1, 0.15) is 0 Å². The summed E-state index contributed by atoms with van der Waals surface area (Å²) in [5.41, 5.74) is 3.21. The quantitative estimate of drug-likeness (QED) is 0.729. The predicted octanol–water partition coefficient (Wildman–Crippen LogP) is 2.91. The standard InChI is InChI=1S/C23H30ClN5O2/c1-17-22(24)18(2)29(25-17)20-8-6-19(7-9-20)23(31)28-14-12-26(13-15-28)16-21(30)27-10-4-3-5-11-27/h6-9H,3-5,10-16H2,1-2H3. The van der Waals surface area contributed by atoms with Crippen molar-refractivity contribution in [1.82, 2.24) is 24.5 Å². The summed E-state index contributed by atoms with van der Waals surface area (Å²) in [6, 6.07) is 7.48. The van der Waals surface area contributed by atoms with Crippen LogP contribution in [0.15, 0.2) is 24.3 Å². The molecule has 166 valence electrons. The molecule has 4 rings (SSSR count). The highest BCUT2D eigenvalue weighted by Gasteiger charge is 2.25. The number of hydrogen-bond acceptors (Lipinski definition) is 4. The van der Waals surface area contributed by atoms with Crippen LogP contribution in [0.2, 0.25) is 5.02 Å². The van der Waals surface area contributed by atoms with Crippen molar-refractivity contribution >= 4 is 23.4 Å². The molecule has 0 unspecified atom stereocenters. The molecule has 7 nitrogen and oxygen atoms in total. The minimum Gasteiger partial charge on any atom is -0.342 e. The molecule has 0 saturated carbocycles. The summed E-state index contributed by atoms with van der Waals surface area (Å²) in [7, 11) is 0. The Hall–Kier alpha value is -2.38. The van der Waals surface area contributed by atoms with Gasteiger partial charge < -0.3 is 9.80 Å². The molecule has 0 aliphatic carbocycles. The molecule has 8 heteroatoms. The monoisotopic (exact) mass is 443 g/mol. The molecule has 0 bridgehead atoms. The number of aryl methyl sites for hydroxylation is 1. The number of carbonyl (C=O) groups is 2. The highest BCUT2D eigenvalue weighted by molar-refractivity contribution is 6.31. The van der Waals surface area contributed by atoms with E-state index < -0.39 is 0 Å². The van der Waals surface area contributed by atoms with Crippen LogP contribution < -0.4 is 0 Å². The third-order valence-electron chi connectivity index (χ3n) is 6.29. The first kappa shape index (κ1) is 21.8. The Morgan fingerprint density at radius 1 is 0.903 bits per heavy atom. The summed E-state index contributed by atoms with van der Waals surface area (Å²) < 4.78 is 1.80. The first-order valence-electron chi connectivity index (χ1n) is 11.1. The Labute approximate surface area is 188 Å². The van der Waals surface area contributed by atoms with Gasteiger partial charge >= 0.3 is 0 Å². The molecule has 2 saturated heterocycles. The van der Waals surface area contributed by atoms with E-state index in [1.165, 1.54) is 6.42 Å². The number of rotatable bonds is 4. The number of aromatic nitrogens is 2. The SMILES string of the molecule is Cc1nn(-c2ccc(C(=O)N3CCN(CC(=O)N4CCCCC4)CC3)cc2)c(C)c1Cl. The summed E-state index contributed by atoms with van der Waals surface area (Å²) in [5.74, 6) is 0.249. The number of likely N-dealkylation sites (tertiary alicyclic amines) is 1. The Bertz CT molecular complexity index is 942. The molecule has 0 N–H and O–H groups in total. The smallest absolute Gasteiger partial charge is 0.253 e. The van der Waals surface area contributed by atoms with Crippen molar-refractivity contribution < 1.29 is 9.59 Å². The van der Waals surface area contributed by atoms with E-state index in [0.29, 0.717) is 30.2 Å². The topological polar surface area (TPSA) is 61.7 Å². The van der Waals surface area contributed by atoms with Gasteiger partial charge in [0, 0.05) is 44.8 Å². The van der Waals surface area contributed by atoms with E-state index in [0.717, 1.165) is 56.1 Å². The van der Waals surface area contributed by atoms with E-state index in [9.17, 15) is 9.59 Å². The lowest BCUT2D eigenvalue weighted by Crippen LogP contribution is -2.52. The molecule has 2 aliphatic heterocycles. The van der Waals surface area contributed by atoms with Crippen molar-refractivity contribution in [3.8, 4) is 5.69 Å². The molecule has 31 heavy (non-hydrogen) atoms. The summed E-state index contributed by atoms with van der Waals surface area (Å²) in [6.45, 7) is 8.78. The van der Waals surface area contributed by atoms with Crippen molar-refractivity contribution in [2.45, 2.75) is 33.1 Å². The molecular formula is C23H30ClN5O2. The zero-order valence-electron chi connectivity index (χ0n) is 18.3. The highest BCUT2D eigenvalue weighted by Crippen LogP contribution is 2.23. The number of carbonyl (C=O) groups excluding carboxylic acids is 2. The molecule has 1 aromatic heterocycles. The van der Waals surface area contributed by atoms with E-state index in [-0.39, 0.29) is 11.8 Å². The Balaban J connectivity index is 1.32. The molecule has 2 aliphatic rings. The molecule has 0 spiro atoms. The van der Waals surface area contributed by atoms with Crippen LogP contribution >= 0.6 is 11.6 Å². The van der Waals surface area contributed by atoms with Crippen molar-refractivity contribution in [2.24, 2.45) is 0 Å². The average molecular weight is 444 g/mol. The highest BCUT2D eigenvalue weighted by atomic mass is 35.5. The molecule has 2 aromatic rings. The fourth-order valence-electron chi connectivity index (χ4n) is 4.35.